The molecule has 6 saturated heterocycles. The van der Waals surface area contributed by atoms with Crippen LogP contribution in [0.25, 0.3) is 0 Å². The maximum absolute atomic E-state index is 14.9. The minimum absolute atomic E-state index is 0.0314. The molecule has 0 saturated carbocycles. The number of likely N-dealkylation sites (N-methyl/N-ethyl adjacent to an activating group) is 1. The number of carbonyl (C=O) groups is 5. The molecule has 1 N–H and O–H groups in total. The molecule has 416 valence electrons. The molecule has 3 aromatic carbocycles. The van der Waals surface area contributed by atoms with Gasteiger partial charge in [0, 0.05) is 119 Å². The highest BCUT2D eigenvalue weighted by Crippen LogP contribution is 2.44. The second kappa shape index (κ2) is 22.5. The summed E-state index contributed by atoms with van der Waals surface area (Å²) in [7, 11) is 3.43. The highest BCUT2D eigenvalue weighted by atomic mass is 19.4. The maximum atomic E-state index is 14.9. The molecule has 20 heteroatoms. The average molecular weight is 1080 g/mol. The van der Waals surface area contributed by atoms with E-state index in [1.807, 2.05) is 35.9 Å². The Kier molecular flexibility index (Phi) is 15.5. The van der Waals surface area contributed by atoms with Crippen molar-refractivity contribution in [1.82, 2.24) is 39.7 Å². The van der Waals surface area contributed by atoms with E-state index in [1.165, 1.54) is 35.8 Å². The van der Waals surface area contributed by atoms with Crippen LogP contribution >= 0.6 is 0 Å². The van der Waals surface area contributed by atoms with Gasteiger partial charge < -0.3 is 38.7 Å². The Bertz CT molecular complexity index is 2890. The topological polar surface area (TPSA) is 160 Å². The van der Waals surface area contributed by atoms with Crippen LogP contribution in [0.15, 0.2) is 60.9 Å². The van der Waals surface area contributed by atoms with Gasteiger partial charge in [-0.25, -0.2) is 0 Å². The zero-order chi connectivity index (χ0) is 54.3. The van der Waals surface area contributed by atoms with Crippen molar-refractivity contribution in [3.05, 3.63) is 100 Å². The first kappa shape index (κ1) is 53.8. The number of nitrogens with one attached hydrogen (secondary N) is 1. The monoisotopic (exact) mass is 1080 g/mol. The van der Waals surface area contributed by atoms with Crippen LogP contribution in [0.2, 0.25) is 0 Å². The molecule has 1 aromatic heterocycles. The molecule has 0 spiro atoms. The lowest BCUT2D eigenvalue weighted by Crippen LogP contribution is -2.53. The zero-order valence-electron chi connectivity index (χ0n) is 44.9. The second-order valence-corrected chi connectivity index (χ2v) is 23.3. The van der Waals surface area contributed by atoms with Crippen LogP contribution in [-0.2, 0) is 45.9 Å². The molecule has 4 aromatic rings. The smallest absolute Gasteiger partial charge is 0.379 e. The Morgan fingerprint density at radius 2 is 1.49 bits per heavy atom. The summed E-state index contributed by atoms with van der Waals surface area (Å²) >= 11 is 0. The van der Waals surface area contributed by atoms with Gasteiger partial charge in [0.2, 0.25) is 11.8 Å². The standard InChI is InChI=1S/C58H72F3N11O6/c1-65-38-62-64-52(65)29-57(36-78-37-57)43-6-3-7-45(25-43)72-34-49-48(56(72)77)27-46(28-50(49)58(59,60)61)71-16-4-5-41(33-71)32-68-19-14-39(15-20-68)30-67-17-12-40(13-18-67)31-69-21-23-70(24-22-69)44-9-8-42(35-73)47(26-44)55(76)66(2)51-10-11-53(74)63-54(51)75/h3,6-9,25-28,35,38-41,51H,4-5,10-24,29-34,36-37H2,1-2H3,(H,63,74,75). The molecule has 0 radical (unpaired) electrons. The number of fused-ring (bicyclic) bond motifs is 1. The number of alkyl halides is 3. The summed E-state index contributed by atoms with van der Waals surface area (Å²) in [6, 6.07) is 15.1. The molecular formula is C58H72F3N11O6. The van der Waals surface area contributed by atoms with Crippen molar-refractivity contribution in [2.24, 2.45) is 24.8 Å². The predicted octanol–water partition coefficient (Wildman–Crippen LogP) is 5.66. The van der Waals surface area contributed by atoms with Gasteiger partial charge in [-0.3, -0.25) is 34.2 Å². The van der Waals surface area contributed by atoms with Gasteiger partial charge in [0.15, 0.2) is 6.29 Å². The summed E-state index contributed by atoms with van der Waals surface area (Å²) in [5, 5.41) is 10.6. The van der Waals surface area contributed by atoms with Gasteiger partial charge in [-0.05, 0) is 142 Å². The van der Waals surface area contributed by atoms with Gasteiger partial charge in [0.25, 0.3) is 11.8 Å². The van der Waals surface area contributed by atoms with E-state index in [-0.39, 0.29) is 53.0 Å². The van der Waals surface area contributed by atoms with Crippen molar-refractivity contribution in [2.45, 2.75) is 82.0 Å². The number of aromatic nitrogens is 3. The van der Waals surface area contributed by atoms with E-state index in [9.17, 15) is 37.1 Å². The maximum Gasteiger partial charge on any atom is 0.416 e. The Balaban J connectivity index is 0.627. The lowest BCUT2D eigenvalue weighted by atomic mass is 9.75. The number of aryl methyl sites for hydroxylation is 1. The van der Waals surface area contributed by atoms with E-state index in [2.05, 4.69) is 40.0 Å². The predicted molar refractivity (Wildman–Crippen MR) is 288 cm³/mol. The SMILES string of the molecule is CN(C(=O)c1cc(N2CCN(CC3CCN(CC4CCN(CC5CCCN(c6cc7c(c(C(F)(F)F)c6)CN(c6cccc(C8(Cc9nncn9C)COC8)c6)C7=O)C5)CC4)CC3)CC2)ccc1C=O)C1CCC(=O)NC1=O. The normalized spacial score (nSPS) is 23.1. The number of hydrogen-bond acceptors (Lipinski definition) is 13. The Morgan fingerprint density at radius 1 is 0.795 bits per heavy atom. The average Bonchev–Trinajstić information content (AvgIpc) is 4.00. The number of likely N-dealkylation sites (tertiary alicyclic amines) is 2. The van der Waals surface area contributed by atoms with Crippen LogP contribution in [-0.4, -0.2) is 176 Å². The van der Waals surface area contributed by atoms with Gasteiger partial charge in [-0.15, -0.1) is 10.2 Å². The van der Waals surface area contributed by atoms with E-state index in [1.54, 1.807) is 30.6 Å². The minimum Gasteiger partial charge on any atom is -0.379 e. The zero-order valence-corrected chi connectivity index (χ0v) is 44.9. The third-order valence-electron chi connectivity index (χ3n) is 18.1. The number of ether oxygens (including phenoxy) is 1. The molecule has 11 rings (SSSR count). The molecule has 17 nitrogen and oxygen atoms in total. The van der Waals surface area contributed by atoms with Crippen molar-refractivity contribution in [3.8, 4) is 0 Å². The molecule has 8 heterocycles. The largest absolute Gasteiger partial charge is 0.416 e. The summed E-state index contributed by atoms with van der Waals surface area (Å²) < 4.78 is 52.4. The Labute approximate surface area is 454 Å². The summed E-state index contributed by atoms with van der Waals surface area (Å²) in [5.74, 6) is 0.721. The number of aldehydes is 1. The first-order valence-electron chi connectivity index (χ1n) is 28.1. The highest BCUT2D eigenvalue weighted by Gasteiger charge is 2.45. The number of amides is 4. The van der Waals surface area contributed by atoms with Crippen molar-refractivity contribution >= 4 is 47.0 Å². The summed E-state index contributed by atoms with van der Waals surface area (Å²) in [6.45, 7) is 12.9. The van der Waals surface area contributed by atoms with Gasteiger partial charge in [-0.2, -0.15) is 13.2 Å². The van der Waals surface area contributed by atoms with Crippen LogP contribution in [0.5, 0.6) is 0 Å². The van der Waals surface area contributed by atoms with Gasteiger partial charge in [0.05, 0.1) is 30.9 Å². The highest BCUT2D eigenvalue weighted by molar-refractivity contribution is 6.11. The van der Waals surface area contributed by atoms with Crippen LogP contribution < -0.4 is 20.0 Å². The fraction of sp³-hybridized carbons (Fsp3) is 0.569. The second-order valence-electron chi connectivity index (χ2n) is 23.3. The lowest BCUT2D eigenvalue weighted by molar-refractivity contribution is -0.138. The summed E-state index contributed by atoms with van der Waals surface area (Å²) in [4.78, 5) is 78.9. The molecular weight excluding hydrogens is 1000 g/mol. The van der Waals surface area contributed by atoms with Crippen LogP contribution in [0, 0.1) is 17.8 Å². The Morgan fingerprint density at radius 3 is 2.12 bits per heavy atom. The molecule has 0 aliphatic carbocycles. The van der Waals surface area contributed by atoms with Crippen LogP contribution in [0.1, 0.15) is 105 Å². The molecule has 2 unspecified atom stereocenters. The number of benzene rings is 3. The number of piperazine rings is 1. The molecule has 78 heavy (non-hydrogen) atoms. The number of piperidine rings is 4. The van der Waals surface area contributed by atoms with E-state index < -0.39 is 35.5 Å². The van der Waals surface area contributed by atoms with Gasteiger partial charge >= 0.3 is 6.18 Å². The van der Waals surface area contributed by atoms with Crippen molar-refractivity contribution in [2.75, 3.05) is 120 Å². The van der Waals surface area contributed by atoms with Crippen LogP contribution in [0.4, 0.5) is 30.2 Å². The van der Waals surface area contributed by atoms with Crippen molar-refractivity contribution < 1.29 is 41.9 Å². The van der Waals surface area contributed by atoms with Crippen LogP contribution in [0.3, 0.4) is 0 Å². The number of nitrogens with zero attached hydrogens (tertiary/aromatic N) is 10. The quantitative estimate of drug-likeness (QED) is 0.115. The Hall–Kier alpha value is -6.22. The molecule has 7 aliphatic heterocycles. The molecule has 7 aliphatic rings. The number of rotatable bonds is 15. The molecule has 2 atom stereocenters. The minimum atomic E-state index is -4.62. The fourth-order valence-corrected chi connectivity index (χ4v) is 13.4. The molecule has 6 fully saturated rings. The van der Waals surface area contributed by atoms with Crippen molar-refractivity contribution in [1.29, 1.82) is 0 Å². The van der Waals surface area contributed by atoms with E-state index in [0.717, 1.165) is 115 Å². The van der Waals surface area contributed by atoms with E-state index in [4.69, 9.17) is 4.74 Å². The van der Waals surface area contributed by atoms with Gasteiger partial charge in [-0.1, -0.05) is 12.1 Å². The number of hydrogen-bond donors (Lipinski definition) is 1. The van der Waals surface area contributed by atoms with Gasteiger partial charge in [0.1, 0.15) is 18.2 Å². The van der Waals surface area contributed by atoms with E-state index in [0.29, 0.717) is 68.1 Å². The first-order chi connectivity index (χ1) is 37.6. The fourth-order valence-electron chi connectivity index (χ4n) is 13.4. The molecule has 4 amide bonds. The molecule has 0 bridgehead atoms. The summed E-state index contributed by atoms with van der Waals surface area (Å²) in [6.07, 6.45) is 5.23. The number of anilines is 3. The number of halogens is 3. The summed E-state index contributed by atoms with van der Waals surface area (Å²) in [5.41, 5.74) is 2.42. The number of carbonyl (C=O) groups excluding carboxylic acids is 5. The third-order valence-corrected chi connectivity index (χ3v) is 18.1. The first-order valence-corrected chi connectivity index (χ1v) is 28.1. The third kappa shape index (κ3) is 11.3. The van der Waals surface area contributed by atoms with Crippen molar-refractivity contribution in [3.63, 3.8) is 0 Å². The van der Waals surface area contributed by atoms with E-state index >= 15 is 0 Å². The number of imide groups is 1. The lowest BCUT2D eigenvalue weighted by Gasteiger charge is -2.42.